The lowest BCUT2D eigenvalue weighted by molar-refractivity contribution is -0.117. The van der Waals surface area contributed by atoms with Crippen molar-refractivity contribution in [3.8, 4) is 0 Å². The van der Waals surface area contributed by atoms with Gasteiger partial charge in [0.15, 0.2) is 0 Å². The molecular weight excluding hydrogens is 528 g/mol. The van der Waals surface area contributed by atoms with Crippen LogP contribution in [0.1, 0.15) is 23.7 Å². The van der Waals surface area contributed by atoms with Crippen molar-refractivity contribution in [1.29, 1.82) is 0 Å². The van der Waals surface area contributed by atoms with Gasteiger partial charge in [-0.05, 0) is 49.4 Å². The number of rotatable bonds is 10. The molecule has 0 bridgehead atoms. The number of hydrogen-bond acceptors (Lipinski definition) is 8. The molecule has 2 aromatic rings. The van der Waals surface area contributed by atoms with Crippen LogP contribution in [0.3, 0.4) is 0 Å². The first kappa shape index (κ1) is 25.9. The van der Waals surface area contributed by atoms with E-state index < -0.39 is 44.7 Å². The van der Waals surface area contributed by atoms with Crippen molar-refractivity contribution in [1.82, 2.24) is 4.72 Å². The molecule has 0 aliphatic carbocycles. The first-order valence-corrected chi connectivity index (χ1v) is 13.2. The van der Waals surface area contributed by atoms with E-state index in [4.69, 9.17) is 8.92 Å². The standard InChI is InChI=1S/C19H21BrN2O8S2/c1-3-29-19(24)13-7-9-15(10-8-13)21-17(23)12-18(30-31(2,25)26)22-32(27,28)16-6-4-5-14(20)11-16/h4-11,18,22H,3,12H2,1-2H3,(H,21,23). The van der Waals surface area contributed by atoms with Gasteiger partial charge in [0.25, 0.3) is 10.1 Å². The number of carbonyl (C=O) groups excluding carboxylic acids is 2. The highest BCUT2D eigenvalue weighted by molar-refractivity contribution is 9.10. The van der Waals surface area contributed by atoms with Gasteiger partial charge in [0.2, 0.25) is 15.9 Å². The van der Waals surface area contributed by atoms with E-state index in [0.29, 0.717) is 10.2 Å². The van der Waals surface area contributed by atoms with E-state index >= 15 is 0 Å². The van der Waals surface area contributed by atoms with Gasteiger partial charge in [-0.1, -0.05) is 22.0 Å². The third-order valence-electron chi connectivity index (χ3n) is 3.73. The molecule has 0 heterocycles. The van der Waals surface area contributed by atoms with Crippen molar-refractivity contribution in [3.63, 3.8) is 0 Å². The molecule has 0 aromatic heterocycles. The zero-order valence-electron chi connectivity index (χ0n) is 17.1. The number of sulfonamides is 1. The predicted molar refractivity (Wildman–Crippen MR) is 120 cm³/mol. The maximum atomic E-state index is 12.6. The Labute approximate surface area is 194 Å². The molecule has 1 unspecified atom stereocenters. The molecule has 32 heavy (non-hydrogen) atoms. The highest BCUT2D eigenvalue weighted by Gasteiger charge is 2.26. The zero-order valence-corrected chi connectivity index (χ0v) is 20.3. The maximum Gasteiger partial charge on any atom is 0.338 e. The predicted octanol–water partition coefficient (Wildman–Crippen LogP) is 2.24. The number of ether oxygens (including phenoxy) is 1. The molecule has 1 amide bonds. The van der Waals surface area contributed by atoms with Crippen LogP contribution in [0.15, 0.2) is 57.9 Å². The summed E-state index contributed by atoms with van der Waals surface area (Å²) in [4.78, 5) is 23.9. The van der Waals surface area contributed by atoms with E-state index in [2.05, 4.69) is 26.0 Å². The number of carbonyl (C=O) groups is 2. The number of nitrogens with one attached hydrogen (secondary N) is 2. The molecule has 0 fully saturated rings. The molecule has 2 N–H and O–H groups in total. The molecule has 2 aromatic carbocycles. The summed E-state index contributed by atoms with van der Waals surface area (Å²) in [5.74, 6) is -1.24. The Kier molecular flexibility index (Phi) is 8.92. The second-order valence-corrected chi connectivity index (χ2v) is 10.6. The van der Waals surface area contributed by atoms with Gasteiger partial charge in [0.1, 0.15) is 6.23 Å². The smallest absolute Gasteiger partial charge is 0.338 e. The van der Waals surface area contributed by atoms with Gasteiger partial charge >= 0.3 is 5.97 Å². The van der Waals surface area contributed by atoms with Crippen molar-refractivity contribution in [2.75, 3.05) is 18.2 Å². The number of halogens is 1. The van der Waals surface area contributed by atoms with Crippen molar-refractivity contribution in [2.45, 2.75) is 24.5 Å². The minimum Gasteiger partial charge on any atom is -0.462 e. The topological polar surface area (TPSA) is 145 Å². The second kappa shape index (κ2) is 11.0. The van der Waals surface area contributed by atoms with Gasteiger partial charge in [0, 0.05) is 10.2 Å². The quantitative estimate of drug-likeness (QED) is 0.261. The van der Waals surface area contributed by atoms with Gasteiger partial charge in [-0.3, -0.25) is 4.79 Å². The van der Waals surface area contributed by atoms with Crippen molar-refractivity contribution in [3.05, 3.63) is 58.6 Å². The number of amides is 1. The summed E-state index contributed by atoms with van der Waals surface area (Å²) < 4.78 is 60.5. The van der Waals surface area contributed by atoms with Crippen LogP contribution in [-0.4, -0.2) is 47.8 Å². The summed E-state index contributed by atoms with van der Waals surface area (Å²) in [5.41, 5.74) is 0.584. The molecule has 174 valence electrons. The van der Waals surface area contributed by atoms with Gasteiger partial charge in [-0.2, -0.15) is 13.1 Å². The molecule has 0 saturated carbocycles. The van der Waals surface area contributed by atoms with E-state index in [1.807, 2.05) is 0 Å². The van der Waals surface area contributed by atoms with Crippen LogP contribution < -0.4 is 10.0 Å². The third kappa shape index (κ3) is 8.31. The van der Waals surface area contributed by atoms with Crippen molar-refractivity contribution >= 4 is 53.6 Å². The van der Waals surface area contributed by atoms with Crippen LogP contribution in [0.25, 0.3) is 0 Å². The summed E-state index contributed by atoms with van der Waals surface area (Å²) in [7, 11) is -8.29. The second-order valence-electron chi connectivity index (χ2n) is 6.42. The molecule has 10 nitrogen and oxygen atoms in total. The molecule has 0 spiro atoms. The van der Waals surface area contributed by atoms with E-state index in [1.54, 1.807) is 13.0 Å². The fourth-order valence-corrected chi connectivity index (χ4v) is 4.77. The Morgan fingerprint density at radius 2 is 1.72 bits per heavy atom. The van der Waals surface area contributed by atoms with Crippen LogP contribution in [-0.2, 0) is 33.9 Å². The maximum absolute atomic E-state index is 12.6. The molecule has 0 aliphatic heterocycles. The Balaban J connectivity index is 2.13. The van der Waals surface area contributed by atoms with Gasteiger partial charge in [-0.25, -0.2) is 17.4 Å². The Bertz CT molecular complexity index is 1180. The molecule has 0 aliphatic rings. The van der Waals surface area contributed by atoms with Crippen molar-refractivity contribution < 1.29 is 35.3 Å². The minimum atomic E-state index is -4.19. The lowest BCUT2D eigenvalue weighted by atomic mass is 10.2. The monoisotopic (exact) mass is 548 g/mol. The molecule has 13 heteroatoms. The van der Waals surface area contributed by atoms with Gasteiger partial charge in [-0.15, -0.1) is 0 Å². The van der Waals surface area contributed by atoms with Crippen LogP contribution in [0.5, 0.6) is 0 Å². The number of benzene rings is 2. The number of anilines is 1. The third-order valence-corrected chi connectivity index (χ3v) is 6.26. The average Bonchev–Trinajstić information content (AvgIpc) is 2.67. The van der Waals surface area contributed by atoms with Crippen LogP contribution in [0.2, 0.25) is 0 Å². The Morgan fingerprint density at radius 3 is 2.28 bits per heavy atom. The van der Waals surface area contributed by atoms with Gasteiger partial charge < -0.3 is 10.1 Å². The highest BCUT2D eigenvalue weighted by atomic mass is 79.9. The van der Waals surface area contributed by atoms with E-state index in [9.17, 15) is 26.4 Å². The van der Waals surface area contributed by atoms with Gasteiger partial charge in [0.05, 0.1) is 29.7 Å². The fourth-order valence-electron chi connectivity index (χ4n) is 2.47. The normalized spacial score (nSPS) is 12.7. The lowest BCUT2D eigenvalue weighted by Gasteiger charge is -2.18. The molecule has 2 rings (SSSR count). The van der Waals surface area contributed by atoms with Crippen LogP contribution in [0.4, 0.5) is 5.69 Å². The molecule has 0 saturated heterocycles. The van der Waals surface area contributed by atoms with E-state index in [-0.39, 0.29) is 17.1 Å². The summed E-state index contributed by atoms with van der Waals surface area (Å²) in [6, 6.07) is 11.5. The summed E-state index contributed by atoms with van der Waals surface area (Å²) in [6.45, 7) is 1.89. The Hall–Kier alpha value is -2.32. The summed E-state index contributed by atoms with van der Waals surface area (Å²) in [5, 5.41) is 2.48. The zero-order chi connectivity index (χ0) is 23.9. The number of hydrogen-bond donors (Lipinski definition) is 2. The molecule has 1 atom stereocenters. The molecule has 0 radical (unpaired) electrons. The molecular formula is C19H21BrN2O8S2. The fraction of sp³-hybridized carbons (Fsp3) is 0.263. The number of esters is 1. The summed E-state index contributed by atoms with van der Waals surface area (Å²) >= 11 is 3.16. The first-order valence-electron chi connectivity index (χ1n) is 9.13. The van der Waals surface area contributed by atoms with Crippen LogP contribution >= 0.6 is 15.9 Å². The summed E-state index contributed by atoms with van der Waals surface area (Å²) in [6.07, 6.45) is -1.59. The minimum absolute atomic E-state index is 0.149. The first-order chi connectivity index (χ1) is 14.9. The lowest BCUT2D eigenvalue weighted by Crippen LogP contribution is -2.40. The SMILES string of the molecule is CCOC(=O)c1ccc(NC(=O)CC(NS(=O)(=O)c2cccc(Br)c2)OS(C)(=O)=O)cc1. The largest absolute Gasteiger partial charge is 0.462 e. The van der Waals surface area contributed by atoms with E-state index in [0.717, 1.165) is 6.26 Å². The van der Waals surface area contributed by atoms with Crippen LogP contribution in [0, 0.1) is 0 Å². The Morgan fingerprint density at radius 1 is 1.06 bits per heavy atom. The van der Waals surface area contributed by atoms with Crippen molar-refractivity contribution in [2.24, 2.45) is 0 Å². The average molecular weight is 549 g/mol. The van der Waals surface area contributed by atoms with E-state index in [1.165, 1.54) is 42.5 Å². The highest BCUT2D eigenvalue weighted by Crippen LogP contribution is 2.18.